The molecular formula is C19H28F3NO3S2. The zero-order valence-corrected chi connectivity index (χ0v) is 17.7. The van der Waals surface area contributed by atoms with Crippen molar-refractivity contribution in [2.24, 2.45) is 0 Å². The second-order valence-corrected chi connectivity index (χ2v) is 8.87. The summed E-state index contributed by atoms with van der Waals surface area (Å²) in [4.78, 5) is 0. The minimum absolute atomic E-state index is 1.18. The summed E-state index contributed by atoms with van der Waals surface area (Å²) in [6.07, 6.45) is 12.6. The van der Waals surface area contributed by atoms with E-state index >= 15 is 0 Å². The van der Waals surface area contributed by atoms with Crippen LogP contribution in [0.1, 0.15) is 64.7 Å². The van der Waals surface area contributed by atoms with E-state index in [-0.39, 0.29) is 0 Å². The normalized spacial score (nSPS) is 12.0. The molecule has 2 rings (SSSR count). The van der Waals surface area contributed by atoms with Crippen molar-refractivity contribution in [3.05, 3.63) is 29.8 Å². The van der Waals surface area contributed by atoms with Gasteiger partial charge in [-0.15, -0.1) is 0 Å². The summed E-state index contributed by atoms with van der Waals surface area (Å²) in [6.45, 7) is 3.46. The van der Waals surface area contributed by atoms with Gasteiger partial charge < -0.3 is 4.55 Å². The van der Waals surface area contributed by atoms with Gasteiger partial charge in [0.1, 0.15) is 11.2 Å². The standard InChI is InChI=1S/C18H28NS.CHF3O3S/c1-2-3-4-5-6-7-8-9-12-15-19-16-20-18-14-11-10-13-17(18)19;2-1(3,4)8(5,6)7/h10-11,13-14,16H,2-9,12,15H2,1H3;(H,5,6,7)/q+1;/p-1. The molecule has 0 aliphatic heterocycles. The number of unbranched alkanes of at least 4 members (excludes halogenated alkanes) is 8. The molecule has 9 heteroatoms. The molecule has 0 fully saturated rings. The Hall–Kier alpha value is -1.19. The van der Waals surface area contributed by atoms with Crippen LogP contribution in [0.25, 0.3) is 10.2 Å². The van der Waals surface area contributed by atoms with Crippen LogP contribution in [0.5, 0.6) is 0 Å². The highest BCUT2D eigenvalue weighted by Crippen LogP contribution is 2.20. The van der Waals surface area contributed by atoms with E-state index in [1.807, 2.05) is 11.3 Å². The van der Waals surface area contributed by atoms with Gasteiger partial charge in [-0.2, -0.15) is 17.7 Å². The number of fused-ring (bicyclic) bond motifs is 1. The maximum Gasteiger partial charge on any atom is 0.485 e. The zero-order valence-electron chi connectivity index (χ0n) is 16.1. The van der Waals surface area contributed by atoms with Crippen molar-refractivity contribution >= 4 is 31.7 Å². The topological polar surface area (TPSA) is 61.1 Å². The molecule has 0 aliphatic carbocycles. The second-order valence-electron chi connectivity index (χ2n) is 6.61. The Kier molecular flexibility index (Phi) is 11.0. The quantitative estimate of drug-likeness (QED) is 0.204. The van der Waals surface area contributed by atoms with Gasteiger partial charge in [0.25, 0.3) is 0 Å². The number of benzene rings is 1. The first-order valence-electron chi connectivity index (χ1n) is 9.54. The molecule has 2 aromatic rings. The van der Waals surface area contributed by atoms with Crippen molar-refractivity contribution in [2.45, 2.75) is 76.8 Å². The minimum atomic E-state index is -6.09. The van der Waals surface area contributed by atoms with E-state index < -0.39 is 15.6 Å². The summed E-state index contributed by atoms with van der Waals surface area (Å²) in [5.74, 6) is 0. The van der Waals surface area contributed by atoms with Crippen molar-refractivity contribution in [3.63, 3.8) is 0 Å². The van der Waals surface area contributed by atoms with Crippen LogP contribution < -0.4 is 4.57 Å². The number of aromatic nitrogens is 1. The molecule has 0 spiro atoms. The molecule has 160 valence electrons. The number of hydrogen-bond donors (Lipinski definition) is 0. The van der Waals surface area contributed by atoms with Crippen molar-refractivity contribution in [3.8, 4) is 0 Å². The van der Waals surface area contributed by atoms with E-state index in [2.05, 4.69) is 41.3 Å². The fourth-order valence-electron chi connectivity index (χ4n) is 2.74. The van der Waals surface area contributed by atoms with E-state index in [1.165, 1.54) is 74.5 Å². The average Bonchev–Trinajstić information content (AvgIpc) is 3.02. The van der Waals surface area contributed by atoms with Gasteiger partial charge in [-0.25, -0.2) is 8.42 Å². The Balaban J connectivity index is 0.000000416. The van der Waals surface area contributed by atoms with Gasteiger partial charge in [0, 0.05) is 12.5 Å². The van der Waals surface area contributed by atoms with Gasteiger partial charge in [0.2, 0.25) is 11.0 Å². The number of para-hydroxylation sites is 1. The Labute approximate surface area is 169 Å². The van der Waals surface area contributed by atoms with Crippen LogP contribution in [-0.2, 0) is 16.7 Å². The summed E-state index contributed by atoms with van der Waals surface area (Å²) >= 11 is 1.86. The van der Waals surface area contributed by atoms with Crippen molar-refractivity contribution in [1.82, 2.24) is 0 Å². The third kappa shape index (κ3) is 9.34. The van der Waals surface area contributed by atoms with E-state index in [4.69, 9.17) is 13.0 Å². The van der Waals surface area contributed by atoms with Gasteiger partial charge in [-0.05, 0) is 12.5 Å². The van der Waals surface area contributed by atoms with Gasteiger partial charge in [-0.1, -0.05) is 75.3 Å². The summed E-state index contributed by atoms with van der Waals surface area (Å²) < 4.78 is 62.7. The Morgan fingerprint density at radius 1 is 0.964 bits per heavy atom. The molecule has 1 heterocycles. The second kappa shape index (κ2) is 12.4. The Morgan fingerprint density at radius 3 is 2.00 bits per heavy atom. The molecule has 4 nitrogen and oxygen atoms in total. The first-order valence-corrected chi connectivity index (χ1v) is 11.8. The fourth-order valence-corrected chi connectivity index (χ4v) is 3.66. The van der Waals surface area contributed by atoms with Gasteiger partial charge in [-0.3, -0.25) is 0 Å². The SMILES string of the molecule is CCCCCCCCCCC[n+]1csc2ccccc21.O=S(=O)([O-])C(F)(F)F. The van der Waals surface area contributed by atoms with Crippen LogP contribution in [0.4, 0.5) is 13.2 Å². The molecule has 0 radical (unpaired) electrons. The minimum Gasteiger partial charge on any atom is -0.741 e. The third-order valence-corrected chi connectivity index (χ3v) is 5.79. The van der Waals surface area contributed by atoms with E-state index in [9.17, 15) is 13.2 Å². The number of aryl methyl sites for hydroxylation is 1. The number of rotatable bonds is 10. The predicted molar refractivity (Wildman–Crippen MR) is 105 cm³/mol. The van der Waals surface area contributed by atoms with E-state index in [0.717, 1.165) is 0 Å². The number of halogens is 3. The summed E-state index contributed by atoms with van der Waals surface area (Å²) in [7, 11) is -6.09. The summed E-state index contributed by atoms with van der Waals surface area (Å²) in [5, 5.41) is 0. The molecular weight excluding hydrogens is 411 g/mol. The fraction of sp³-hybridized carbons (Fsp3) is 0.632. The van der Waals surface area contributed by atoms with Crippen LogP contribution in [0.2, 0.25) is 0 Å². The Morgan fingerprint density at radius 2 is 1.46 bits per heavy atom. The molecule has 0 unspecified atom stereocenters. The first-order chi connectivity index (χ1) is 13.2. The summed E-state index contributed by atoms with van der Waals surface area (Å²) in [6, 6.07) is 8.72. The highest BCUT2D eigenvalue weighted by Gasteiger charge is 2.36. The molecule has 1 aromatic heterocycles. The average molecular weight is 440 g/mol. The van der Waals surface area contributed by atoms with Crippen molar-refractivity contribution in [1.29, 1.82) is 0 Å². The molecule has 0 aliphatic rings. The molecule has 1 aromatic carbocycles. The molecule has 0 saturated carbocycles. The van der Waals surface area contributed by atoms with Crippen LogP contribution in [0.3, 0.4) is 0 Å². The number of thiazole rings is 1. The van der Waals surface area contributed by atoms with Crippen LogP contribution in [0.15, 0.2) is 29.8 Å². The van der Waals surface area contributed by atoms with Crippen LogP contribution >= 0.6 is 11.3 Å². The van der Waals surface area contributed by atoms with Gasteiger partial charge >= 0.3 is 5.51 Å². The zero-order chi connectivity index (χ0) is 21.0. The lowest BCUT2D eigenvalue weighted by Crippen LogP contribution is -2.31. The van der Waals surface area contributed by atoms with Crippen LogP contribution in [0, 0.1) is 0 Å². The maximum absolute atomic E-state index is 10.7. The maximum atomic E-state index is 10.7. The number of hydrogen-bond acceptors (Lipinski definition) is 4. The molecule has 28 heavy (non-hydrogen) atoms. The monoisotopic (exact) mass is 439 g/mol. The number of alkyl halides is 3. The third-order valence-electron chi connectivity index (χ3n) is 4.27. The smallest absolute Gasteiger partial charge is 0.485 e. The highest BCUT2D eigenvalue weighted by molar-refractivity contribution is 7.86. The van der Waals surface area contributed by atoms with Crippen LogP contribution in [-0.4, -0.2) is 18.5 Å². The van der Waals surface area contributed by atoms with Gasteiger partial charge in [0.05, 0.1) is 0 Å². The lowest BCUT2D eigenvalue weighted by atomic mass is 10.1. The molecule has 0 saturated heterocycles. The Bertz CT molecular complexity index is 789. The van der Waals surface area contributed by atoms with E-state index in [1.54, 1.807) is 0 Å². The van der Waals surface area contributed by atoms with Gasteiger partial charge in [0.15, 0.2) is 10.1 Å². The summed E-state index contributed by atoms with van der Waals surface area (Å²) in [5.41, 5.74) is -1.97. The highest BCUT2D eigenvalue weighted by atomic mass is 32.2. The number of nitrogens with zero attached hydrogens (tertiary/aromatic N) is 1. The van der Waals surface area contributed by atoms with E-state index in [0.29, 0.717) is 0 Å². The first kappa shape index (κ1) is 24.8. The lowest BCUT2D eigenvalue weighted by molar-refractivity contribution is -0.667. The predicted octanol–water partition coefficient (Wildman–Crippen LogP) is 5.77. The molecule has 0 amide bonds. The molecule has 0 atom stereocenters. The largest absolute Gasteiger partial charge is 0.741 e. The van der Waals surface area contributed by atoms with Crippen molar-refractivity contribution < 1.29 is 30.7 Å². The van der Waals surface area contributed by atoms with Crippen molar-refractivity contribution in [2.75, 3.05) is 0 Å². The molecule has 0 bridgehead atoms. The molecule has 0 N–H and O–H groups in total. The lowest BCUT2D eigenvalue weighted by Gasteiger charge is -2.08.